The number of anilines is 5. The minimum Gasteiger partial charge on any atom is -0.356 e. The number of urea groups is 1. The van der Waals surface area contributed by atoms with Crippen molar-refractivity contribution >= 4 is 34.9 Å². The number of benzene rings is 2. The first-order valence-electron chi connectivity index (χ1n) is 10.2. The van der Waals surface area contributed by atoms with Crippen molar-refractivity contribution in [2.75, 3.05) is 33.9 Å². The number of carbonyl (C=O) groups is 1. The van der Waals surface area contributed by atoms with Gasteiger partial charge >= 0.3 is 6.03 Å². The summed E-state index contributed by atoms with van der Waals surface area (Å²) in [5, 5.41) is 8.93. The number of hydrogen-bond acceptors (Lipinski definition) is 5. The monoisotopic (exact) mass is 402 g/mol. The van der Waals surface area contributed by atoms with Crippen LogP contribution in [0.5, 0.6) is 0 Å². The summed E-state index contributed by atoms with van der Waals surface area (Å²) in [6, 6.07) is 16.9. The minimum absolute atomic E-state index is 0.279. The lowest BCUT2D eigenvalue weighted by Crippen LogP contribution is -2.20. The number of rotatable bonds is 5. The summed E-state index contributed by atoms with van der Waals surface area (Å²) in [5.41, 5.74) is 4.34. The topological polar surface area (TPSA) is 82.2 Å². The third-order valence-electron chi connectivity index (χ3n) is 4.95. The molecule has 0 unspecified atom stereocenters. The molecule has 0 atom stereocenters. The van der Waals surface area contributed by atoms with Gasteiger partial charge in [0.25, 0.3) is 0 Å². The average Bonchev–Trinajstić information content (AvgIpc) is 3.24. The van der Waals surface area contributed by atoms with Crippen LogP contribution in [0.25, 0.3) is 0 Å². The highest BCUT2D eigenvalue weighted by Crippen LogP contribution is 2.22. The third kappa shape index (κ3) is 5.05. The quantitative estimate of drug-likeness (QED) is 0.554. The van der Waals surface area contributed by atoms with E-state index in [4.69, 9.17) is 0 Å². The van der Waals surface area contributed by atoms with Crippen LogP contribution in [0.2, 0.25) is 0 Å². The summed E-state index contributed by atoms with van der Waals surface area (Å²) >= 11 is 0. The summed E-state index contributed by atoms with van der Waals surface area (Å²) in [6.07, 6.45) is 2.41. The van der Waals surface area contributed by atoms with Crippen LogP contribution in [-0.2, 0) is 0 Å². The van der Waals surface area contributed by atoms with Crippen molar-refractivity contribution < 1.29 is 4.79 Å². The maximum absolute atomic E-state index is 12.2. The van der Waals surface area contributed by atoms with Crippen molar-refractivity contribution in [3.8, 4) is 0 Å². The van der Waals surface area contributed by atoms with Crippen LogP contribution in [0, 0.1) is 13.8 Å². The second-order valence-electron chi connectivity index (χ2n) is 7.54. The zero-order chi connectivity index (χ0) is 20.9. The first-order valence-corrected chi connectivity index (χ1v) is 10.2. The average molecular weight is 403 g/mol. The maximum atomic E-state index is 12.2. The van der Waals surface area contributed by atoms with E-state index in [-0.39, 0.29) is 6.03 Å². The molecule has 1 saturated heterocycles. The molecule has 4 rings (SSSR count). The Kier molecular flexibility index (Phi) is 5.79. The van der Waals surface area contributed by atoms with Crippen molar-refractivity contribution in [1.82, 2.24) is 9.97 Å². The Hall–Kier alpha value is -3.61. The van der Waals surface area contributed by atoms with Gasteiger partial charge in [-0.1, -0.05) is 12.1 Å². The van der Waals surface area contributed by atoms with E-state index >= 15 is 0 Å². The number of amides is 2. The van der Waals surface area contributed by atoms with E-state index in [0.29, 0.717) is 11.6 Å². The molecule has 2 amide bonds. The van der Waals surface area contributed by atoms with E-state index < -0.39 is 0 Å². The fraction of sp³-hybridized carbons (Fsp3) is 0.261. The lowest BCUT2D eigenvalue weighted by molar-refractivity contribution is 0.262. The highest BCUT2D eigenvalue weighted by atomic mass is 16.2. The maximum Gasteiger partial charge on any atom is 0.323 e. The number of nitrogens with one attached hydrogen (secondary N) is 3. The lowest BCUT2D eigenvalue weighted by atomic mass is 10.2. The predicted molar refractivity (Wildman–Crippen MR) is 122 cm³/mol. The fourth-order valence-electron chi connectivity index (χ4n) is 3.50. The molecule has 1 aromatic heterocycles. The van der Waals surface area contributed by atoms with Gasteiger partial charge in [0.15, 0.2) is 0 Å². The summed E-state index contributed by atoms with van der Waals surface area (Å²) in [7, 11) is 0. The molecule has 30 heavy (non-hydrogen) atoms. The molecule has 2 heterocycles. The largest absolute Gasteiger partial charge is 0.356 e. The molecule has 0 radical (unpaired) electrons. The van der Waals surface area contributed by atoms with Gasteiger partial charge in [0.05, 0.1) is 0 Å². The van der Waals surface area contributed by atoms with Crippen LogP contribution in [0.1, 0.15) is 24.1 Å². The highest BCUT2D eigenvalue weighted by Gasteiger charge is 2.15. The normalized spacial score (nSPS) is 13.2. The first kappa shape index (κ1) is 19.7. The Labute approximate surface area is 176 Å². The van der Waals surface area contributed by atoms with Gasteiger partial charge in [-0.2, -0.15) is 4.98 Å². The molecule has 7 nitrogen and oxygen atoms in total. The molecule has 0 saturated carbocycles. The van der Waals surface area contributed by atoms with E-state index in [1.807, 2.05) is 68.4 Å². The Morgan fingerprint density at radius 1 is 0.867 bits per heavy atom. The van der Waals surface area contributed by atoms with Crippen LogP contribution in [0.4, 0.5) is 33.6 Å². The molecular weight excluding hydrogens is 376 g/mol. The van der Waals surface area contributed by atoms with Gasteiger partial charge in [0, 0.05) is 41.9 Å². The van der Waals surface area contributed by atoms with Gasteiger partial charge in [-0.25, -0.2) is 9.78 Å². The molecule has 0 bridgehead atoms. The molecule has 3 aromatic rings. The first-order chi connectivity index (χ1) is 14.5. The second kappa shape index (κ2) is 8.82. The molecule has 0 spiro atoms. The van der Waals surface area contributed by atoms with Crippen LogP contribution >= 0.6 is 0 Å². The molecule has 1 aliphatic heterocycles. The second-order valence-corrected chi connectivity index (χ2v) is 7.54. The summed E-state index contributed by atoms with van der Waals surface area (Å²) in [6.45, 7) is 6.05. The number of aromatic nitrogens is 2. The Bertz CT molecular complexity index is 1030. The van der Waals surface area contributed by atoms with E-state index in [1.54, 1.807) is 0 Å². The van der Waals surface area contributed by atoms with Crippen LogP contribution in [0.15, 0.2) is 54.6 Å². The zero-order valence-electron chi connectivity index (χ0n) is 17.3. The Balaban J connectivity index is 1.38. The lowest BCUT2D eigenvalue weighted by Gasteiger charge is -2.17. The smallest absolute Gasteiger partial charge is 0.323 e. The van der Waals surface area contributed by atoms with Crippen molar-refractivity contribution in [3.05, 3.63) is 65.9 Å². The van der Waals surface area contributed by atoms with Gasteiger partial charge in [-0.05, 0) is 68.7 Å². The Morgan fingerprint density at radius 2 is 1.57 bits per heavy atom. The van der Waals surface area contributed by atoms with E-state index in [2.05, 4.69) is 30.8 Å². The molecular formula is C23H26N6O. The molecule has 154 valence electrons. The highest BCUT2D eigenvalue weighted by molar-refractivity contribution is 5.99. The van der Waals surface area contributed by atoms with Gasteiger partial charge in [0.1, 0.15) is 5.82 Å². The molecule has 7 heteroatoms. The molecule has 0 aliphatic carbocycles. The van der Waals surface area contributed by atoms with E-state index in [9.17, 15) is 4.79 Å². The summed E-state index contributed by atoms with van der Waals surface area (Å²) in [5.74, 6) is 1.54. The number of hydrogen-bond donors (Lipinski definition) is 3. The SMILES string of the molecule is Cc1cccc(NC(=O)Nc2ccc(Nc3nc(C)cc(N4CCCC4)n3)cc2)c1. The van der Waals surface area contributed by atoms with Crippen LogP contribution in [-0.4, -0.2) is 29.1 Å². The van der Waals surface area contributed by atoms with Gasteiger partial charge < -0.3 is 20.9 Å². The standard InChI is InChI=1S/C23H26N6O/c1-16-6-5-7-20(14-16)27-23(30)26-19-10-8-18(9-11-19)25-22-24-17(2)15-21(28-22)29-12-3-4-13-29/h5-11,14-15H,3-4,12-13H2,1-2H3,(H,24,25,28)(H2,26,27,30). The van der Waals surface area contributed by atoms with Crippen molar-refractivity contribution in [1.29, 1.82) is 0 Å². The molecule has 2 aromatic carbocycles. The van der Waals surface area contributed by atoms with Crippen molar-refractivity contribution in [2.45, 2.75) is 26.7 Å². The van der Waals surface area contributed by atoms with E-state index in [1.165, 1.54) is 12.8 Å². The van der Waals surface area contributed by atoms with Gasteiger partial charge in [-0.3, -0.25) is 0 Å². The van der Waals surface area contributed by atoms with Crippen LogP contribution < -0.4 is 20.9 Å². The van der Waals surface area contributed by atoms with Gasteiger partial charge in [0.2, 0.25) is 5.95 Å². The number of carbonyl (C=O) groups excluding carboxylic acids is 1. The molecule has 1 fully saturated rings. The van der Waals surface area contributed by atoms with Crippen LogP contribution in [0.3, 0.4) is 0 Å². The number of aryl methyl sites for hydroxylation is 2. The summed E-state index contributed by atoms with van der Waals surface area (Å²) < 4.78 is 0. The van der Waals surface area contributed by atoms with Crippen molar-refractivity contribution in [3.63, 3.8) is 0 Å². The number of nitrogens with zero attached hydrogens (tertiary/aromatic N) is 3. The Morgan fingerprint density at radius 3 is 2.30 bits per heavy atom. The predicted octanol–water partition coefficient (Wildman–Crippen LogP) is 5.08. The summed E-state index contributed by atoms with van der Waals surface area (Å²) in [4.78, 5) is 23.7. The zero-order valence-corrected chi connectivity index (χ0v) is 17.3. The fourth-order valence-corrected chi connectivity index (χ4v) is 3.50. The van der Waals surface area contributed by atoms with E-state index in [0.717, 1.165) is 41.5 Å². The molecule has 3 N–H and O–H groups in total. The molecule has 1 aliphatic rings. The van der Waals surface area contributed by atoms with Gasteiger partial charge in [-0.15, -0.1) is 0 Å². The van der Waals surface area contributed by atoms with Crippen molar-refractivity contribution in [2.24, 2.45) is 0 Å². The third-order valence-corrected chi connectivity index (χ3v) is 4.95. The minimum atomic E-state index is -0.279.